The molecule has 0 radical (unpaired) electrons. The maximum atomic E-state index is 12.8. The van der Waals surface area contributed by atoms with Crippen LogP contribution in [-0.2, 0) is 24.0 Å². The van der Waals surface area contributed by atoms with Crippen molar-refractivity contribution in [1.82, 2.24) is 16.0 Å². The number of primary amides is 1. The van der Waals surface area contributed by atoms with Gasteiger partial charge in [-0.25, -0.2) is 4.79 Å². The Morgan fingerprint density at radius 3 is 1.84 bits per heavy atom. The van der Waals surface area contributed by atoms with Gasteiger partial charge in [0.15, 0.2) is 0 Å². The largest absolute Gasteiger partial charge is 0.480 e. The zero-order valence-electron chi connectivity index (χ0n) is 18.2. The van der Waals surface area contributed by atoms with E-state index in [1.54, 1.807) is 11.8 Å². The van der Waals surface area contributed by atoms with Crippen LogP contribution in [0.5, 0.6) is 0 Å². The predicted molar refractivity (Wildman–Crippen MR) is 130 cm³/mol. The van der Waals surface area contributed by atoms with E-state index in [9.17, 15) is 29.1 Å². The number of carboxylic acid groups (broad SMARTS) is 1. The molecule has 0 bridgehead atoms. The van der Waals surface area contributed by atoms with Gasteiger partial charge in [0, 0.05) is 12.2 Å². The molecule has 0 aromatic heterocycles. The van der Waals surface area contributed by atoms with E-state index >= 15 is 0 Å². The zero-order valence-corrected chi connectivity index (χ0v) is 20.7. The minimum Gasteiger partial charge on any atom is -0.480 e. The lowest BCUT2D eigenvalue weighted by atomic mass is 10.1. The van der Waals surface area contributed by atoms with Crippen molar-refractivity contribution in [3.8, 4) is 0 Å². The van der Waals surface area contributed by atoms with Crippen molar-refractivity contribution in [3.05, 3.63) is 0 Å². The van der Waals surface area contributed by atoms with Gasteiger partial charge in [0.2, 0.25) is 23.6 Å². The minimum absolute atomic E-state index is 0.115. The van der Waals surface area contributed by atoms with Crippen LogP contribution in [0.25, 0.3) is 0 Å². The first kappa shape index (κ1) is 30.4. The van der Waals surface area contributed by atoms with Crippen molar-refractivity contribution in [1.29, 1.82) is 0 Å². The average Bonchev–Trinajstić information content (AvgIpc) is 2.74. The zero-order chi connectivity index (χ0) is 24.7. The minimum atomic E-state index is -1.35. The number of aliphatic carboxylic acids is 1. The van der Waals surface area contributed by atoms with E-state index in [-0.39, 0.29) is 18.6 Å². The summed E-state index contributed by atoms with van der Waals surface area (Å²) in [5.74, 6) is -2.75. The smallest absolute Gasteiger partial charge is 0.326 e. The number of nitrogens with two attached hydrogens (primary N) is 2. The molecule has 8 N–H and O–H groups in total. The number of amides is 4. The molecule has 0 aromatic rings. The van der Waals surface area contributed by atoms with Gasteiger partial charge in [0.05, 0.1) is 6.04 Å². The molecule has 0 saturated carbocycles. The number of nitrogens with one attached hydrogen (secondary N) is 3. The van der Waals surface area contributed by atoms with E-state index in [1.165, 1.54) is 11.8 Å². The normalized spacial score (nSPS) is 14.5. The van der Waals surface area contributed by atoms with Crippen molar-refractivity contribution >= 4 is 65.8 Å². The second-order valence-corrected chi connectivity index (χ2v) is 9.22. The van der Waals surface area contributed by atoms with Crippen molar-refractivity contribution in [2.75, 3.05) is 29.8 Å². The summed E-state index contributed by atoms with van der Waals surface area (Å²) in [5.41, 5.74) is 10.9. The third kappa shape index (κ3) is 12.4. The Balaban J connectivity index is 5.14. The second-order valence-electron chi connectivity index (χ2n) is 6.88. The fourth-order valence-corrected chi connectivity index (χ4v) is 3.66. The standard InChI is InChI=1S/C18H33N5O6S3/c1-31-7-5-10(19)15(25)21-11(6-8-32-2)16(26)23-13(9-30)17(27)22-12(18(28)29)3-4-14(20)24/h10-13,30H,3-9,19H2,1-2H3,(H2,20,24)(H,21,25)(H,22,27)(H,23,26)(H,28,29). The molecule has 0 aliphatic carbocycles. The Morgan fingerprint density at radius 2 is 1.34 bits per heavy atom. The lowest BCUT2D eigenvalue weighted by molar-refractivity contribution is -0.142. The molecule has 0 aliphatic heterocycles. The van der Waals surface area contributed by atoms with E-state index in [2.05, 4.69) is 28.6 Å². The van der Waals surface area contributed by atoms with E-state index in [0.29, 0.717) is 24.3 Å². The van der Waals surface area contributed by atoms with E-state index in [0.717, 1.165) is 0 Å². The molecule has 0 spiro atoms. The van der Waals surface area contributed by atoms with Crippen LogP contribution in [0.3, 0.4) is 0 Å². The van der Waals surface area contributed by atoms with Crippen LogP contribution in [-0.4, -0.2) is 88.6 Å². The summed E-state index contributed by atoms with van der Waals surface area (Å²) in [4.78, 5) is 59.8. The van der Waals surface area contributed by atoms with Gasteiger partial charge < -0.3 is 32.5 Å². The third-order valence-corrected chi connectivity index (χ3v) is 5.98. The molecule has 184 valence electrons. The summed E-state index contributed by atoms with van der Waals surface area (Å²) in [5, 5.41) is 16.6. The number of carbonyl (C=O) groups excluding carboxylic acids is 4. The maximum Gasteiger partial charge on any atom is 0.326 e. The Bertz CT molecular complexity index is 655. The molecular formula is C18H33N5O6S3. The van der Waals surface area contributed by atoms with Gasteiger partial charge in [-0.3, -0.25) is 19.2 Å². The van der Waals surface area contributed by atoms with Gasteiger partial charge in [0.25, 0.3) is 0 Å². The molecule has 32 heavy (non-hydrogen) atoms. The Kier molecular flexibility index (Phi) is 16.1. The topological polar surface area (TPSA) is 194 Å². The highest BCUT2D eigenvalue weighted by Crippen LogP contribution is 2.05. The van der Waals surface area contributed by atoms with Gasteiger partial charge in [-0.05, 0) is 43.3 Å². The highest BCUT2D eigenvalue weighted by Gasteiger charge is 2.29. The van der Waals surface area contributed by atoms with E-state index in [4.69, 9.17) is 11.5 Å². The summed E-state index contributed by atoms with van der Waals surface area (Å²) in [6.45, 7) is 0. The van der Waals surface area contributed by atoms with Crippen LogP contribution in [0.1, 0.15) is 25.7 Å². The molecule has 0 saturated heterocycles. The molecular weight excluding hydrogens is 478 g/mol. The first-order chi connectivity index (χ1) is 15.1. The molecule has 0 aromatic carbocycles. The second kappa shape index (κ2) is 16.9. The number of thiol groups is 1. The molecule has 0 rings (SSSR count). The van der Waals surface area contributed by atoms with Crippen molar-refractivity contribution < 1.29 is 29.1 Å². The van der Waals surface area contributed by atoms with Crippen LogP contribution < -0.4 is 27.4 Å². The summed E-state index contributed by atoms with van der Waals surface area (Å²) in [7, 11) is 0. The number of thioether (sulfide) groups is 2. The molecule has 4 atom stereocenters. The number of hydrogen-bond donors (Lipinski definition) is 7. The lowest BCUT2D eigenvalue weighted by Gasteiger charge is -2.24. The van der Waals surface area contributed by atoms with Gasteiger partial charge in [-0.1, -0.05) is 0 Å². The molecule has 14 heteroatoms. The average molecular weight is 512 g/mol. The Labute approximate surface area is 201 Å². The van der Waals surface area contributed by atoms with Gasteiger partial charge in [-0.2, -0.15) is 36.2 Å². The third-order valence-electron chi connectivity index (χ3n) is 4.32. The molecule has 4 unspecified atom stereocenters. The van der Waals surface area contributed by atoms with Crippen LogP contribution in [0, 0.1) is 0 Å². The van der Waals surface area contributed by atoms with E-state index in [1.807, 2.05) is 12.5 Å². The number of hydrogen-bond acceptors (Lipinski definition) is 9. The first-order valence-corrected chi connectivity index (χ1v) is 13.3. The highest BCUT2D eigenvalue weighted by molar-refractivity contribution is 7.98. The Hall–Kier alpha value is -1.64. The number of carbonyl (C=O) groups is 5. The fraction of sp³-hybridized carbons (Fsp3) is 0.722. The first-order valence-electron chi connectivity index (χ1n) is 9.83. The summed E-state index contributed by atoms with van der Waals surface area (Å²) < 4.78 is 0. The van der Waals surface area contributed by atoms with Crippen LogP contribution in [0.4, 0.5) is 0 Å². The summed E-state index contributed by atoms with van der Waals surface area (Å²) >= 11 is 7.09. The van der Waals surface area contributed by atoms with Crippen LogP contribution >= 0.6 is 36.2 Å². The number of rotatable bonds is 17. The predicted octanol–water partition coefficient (Wildman–Crippen LogP) is -1.45. The number of carboxylic acids is 1. The SMILES string of the molecule is CSCCC(N)C(=O)NC(CCSC)C(=O)NC(CS)C(=O)NC(CCC(N)=O)C(=O)O. The van der Waals surface area contributed by atoms with Crippen LogP contribution in [0.2, 0.25) is 0 Å². The summed E-state index contributed by atoms with van der Waals surface area (Å²) in [6.07, 6.45) is 4.09. The molecule has 0 fully saturated rings. The Morgan fingerprint density at radius 1 is 0.844 bits per heavy atom. The van der Waals surface area contributed by atoms with Gasteiger partial charge in [0.1, 0.15) is 18.1 Å². The molecule has 0 heterocycles. The van der Waals surface area contributed by atoms with Crippen molar-refractivity contribution in [2.24, 2.45) is 11.5 Å². The van der Waals surface area contributed by atoms with Crippen molar-refractivity contribution in [3.63, 3.8) is 0 Å². The fourth-order valence-electron chi connectivity index (χ4n) is 2.44. The van der Waals surface area contributed by atoms with Crippen molar-refractivity contribution in [2.45, 2.75) is 49.9 Å². The van der Waals surface area contributed by atoms with Gasteiger partial charge in [-0.15, -0.1) is 0 Å². The van der Waals surface area contributed by atoms with Gasteiger partial charge >= 0.3 is 5.97 Å². The molecule has 11 nitrogen and oxygen atoms in total. The maximum absolute atomic E-state index is 12.8. The summed E-state index contributed by atoms with van der Waals surface area (Å²) in [6, 6.07) is -4.19. The lowest BCUT2D eigenvalue weighted by Crippen LogP contribution is -2.57. The highest BCUT2D eigenvalue weighted by atomic mass is 32.2. The van der Waals surface area contributed by atoms with Crippen LogP contribution in [0.15, 0.2) is 0 Å². The van der Waals surface area contributed by atoms with E-state index < -0.39 is 53.8 Å². The molecule has 4 amide bonds. The monoisotopic (exact) mass is 511 g/mol. The quantitative estimate of drug-likeness (QED) is 0.114. The molecule has 0 aliphatic rings.